The number of nitrogens with zero attached hydrogens (tertiary/aromatic N) is 3. The fourth-order valence-electron chi connectivity index (χ4n) is 3.58. The van der Waals surface area contributed by atoms with E-state index in [4.69, 9.17) is 10.5 Å². The second-order valence-corrected chi connectivity index (χ2v) is 7.62. The maximum Gasteiger partial charge on any atom is 0.100 e. The van der Waals surface area contributed by atoms with E-state index in [1.165, 1.54) is 0 Å². The minimum atomic E-state index is -0.567. The number of alkyl halides is 1. The molecule has 2 aliphatic heterocycles. The molecule has 0 bridgehead atoms. The van der Waals surface area contributed by atoms with Crippen molar-refractivity contribution in [2.75, 3.05) is 60.0 Å². The van der Waals surface area contributed by atoms with E-state index < -0.39 is 6.17 Å². The van der Waals surface area contributed by atoms with Gasteiger partial charge in [-0.3, -0.25) is 4.90 Å². The highest BCUT2D eigenvalue weighted by atomic mass is 19.1. The number of rotatable bonds is 3. The molecule has 0 radical (unpaired) electrons. The Morgan fingerprint density at radius 2 is 1.23 bits per heavy atom. The van der Waals surface area contributed by atoms with Gasteiger partial charge in [0.1, 0.15) is 6.17 Å². The monoisotopic (exact) mass is 374 g/mol. The topological polar surface area (TPSA) is 45.0 Å². The summed E-state index contributed by atoms with van der Waals surface area (Å²) in [6.07, 6.45) is 5.75. The van der Waals surface area contributed by atoms with E-state index in [1.54, 1.807) is 0 Å². The van der Waals surface area contributed by atoms with E-state index in [0.29, 0.717) is 31.7 Å². The van der Waals surface area contributed by atoms with E-state index >= 15 is 0 Å². The van der Waals surface area contributed by atoms with E-state index in [9.17, 15) is 4.39 Å². The van der Waals surface area contributed by atoms with Crippen LogP contribution < -0.4 is 5.73 Å². The van der Waals surface area contributed by atoms with Crippen molar-refractivity contribution in [3.63, 3.8) is 0 Å². The predicted molar refractivity (Wildman–Crippen MR) is 108 cm³/mol. The van der Waals surface area contributed by atoms with Crippen LogP contribution in [0.15, 0.2) is 0 Å². The fourth-order valence-corrected chi connectivity index (χ4v) is 3.58. The summed E-state index contributed by atoms with van der Waals surface area (Å²) in [6.45, 7) is 11.6. The molecule has 3 fully saturated rings. The molecule has 0 spiro atoms. The van der Waals surface area contributed by atoms with Gasteiger partial charge in [0, 0.05) is 45.9 Å². The van der Waals surface area contributed by atoms with Crippen LogP contribution in [0.3, 0.4) is 0 Å². The summed E-state index contributed by atoms with van der Waals surface area (Å²) in [4.78, 5) is 6.94. The van der Waals surface area contributed by atoms with Gasteiger partial charge in [0.05, 0.1) is 12.2 Å². The van der Waals surface area contributed by atoms with Gasteiger partial charge in [-0.2, -0.15) is 0 Å². The molecule has 5 nitrogen and oxygen atoms in total. The lowest BCUT2D eigenvalue weighted by Crippen LogP contribution is -2.46. The zero-order valence-corrected chi connectivity index (χ0v) is 17.6. The molecule has 0 aromatic rings. The van der Waals surface area contributed by atoms with Crippen molar-refractivity contribution in [2.24, 2.45) is 5.73 Å². The average Bonchev–Trinajstić information content (AvgIpc) is 2.68. The van der Waals surface area contributed by atoms with Crippen LogP contribution in [0.5, 0.6) is 0 Å². The summed E-state index contributed by atoms with van der Waals surface area (Å²) < 4.78 is 19.0. The highest BCUT2D eigenvalue weighted by Gasteiger charge is 2.25. The second-order valence-electron chi connectivity index (χ2n) is 7.62. The highest BCUT2D eigenvalue weighted by molar-refractivity contribution is 4.76. The minimum absolute atomic E-state index is 0.338. The fraction of sp³-hybridized carbons (Fsp3) is 1.00. The minimum Gasteiger partial charge on any atom is -0.375 e. The lowest BCUT2D eigenvalue weighted by atomic mass is 9.95. The third-order valence-corrected chi connectivity index (χ3v) is 5.51. The quantitative estimate of drug-likeness (QED) is 0.822. The normalized spacial score (nSPS) is 29.3. The molecular formula is C20H43FN4O. The Hall–Kier alpha value is -0.270. The Kier molecular flexibility index (Phi) is 12.6. The lowest BCUT2D eigenvalue weighted by Gasteiger charge is -2.33. The van der Waals surface area contributed by atoms with Crippen molar-refractivity contribution in [3.05, 3.63) is 0 Å². The molecule has 1 aliphatic carbocycles. The number of nitrogens with two attached hydrogens (primary N) is 1. The summed E-state index contributed by atoms with van der Waals surface area (Å²) in [5, 5.41) is 0. The van der Waals surface area contributed by atoms with Crippen LogP contribution in [0.1, 0.15) is 52.4 Å². The van der Waals surface area contributed by atoms with Crippen molar-refractivity contribution >= 4 is 0 Å². The summed E-state index contributed by atoms with van der Waals surface area (Å²) in [5.41, 5.74) is 5.46. The summed E-state index contributed by atoms with van der Waals surface area (Å²) in [7, 11) is 4.30. The summed E-state index contributed by atoms with van der Waals surface area (Å²) >= 11 is 0. The molecule has 6 heteroatoms. The van der Waals surface area contributed by atoms with Gasteiger partial charge in [-0.1, -0.05) is 13.8 Å². The first kappa shape index (κ1) is 23.8. The van der Waals surface area contributed by atoms with Crippen LogP contribution in [0.25, 0.3) is 0 Å². The van der Waals surface area contributed by atoms with Crippen LogP contribution in [0, 0.1) is 0 Å². The number of ether oxygens (including phenoxy) is 1. The van der Waals surface area contributed by atoms with Crippen LogP contribution in [-0.2, 0) is 4.74 Å². The number of hydrogen-bond acceptors (Lipinski definition) is 5. The molecular weight excluding hydrogens is 331 g/mol. The third kappa shape index (κ3) is 9.60. The first-order chi connectivity index (χ1) is 12.6. The number of likely N-dealkylation sites (N-methyl/N-ethyl adjacent to an activating group) is 1. The van der Waals surface area contributed by atoms with Crippen molar-refractivity contribution in [2.45, 2.75) is 70.8 Å². The molecule has 3 rings (SSSR count). The Morgan fingerprint density at radius 1 is 0.769 bits per heavy atom. The maximum absolute atomic E-state index is 12.9. The maximum atomic E-state index is 12.9. The molecule has 3 aliphatic rings. The number of likely N-dealkylation sites (tertiary alicyclic amines) is 1. The molecule has 0 amide bonds. The molecule has 26 heavy (non-hydrogen) atoms. The Labute approximate surface area is 161 Å². The van der Waals surface area contributed by atoms with Gasteiger partial charge in [0.15, 0.2) is 0 Å². The molecule has 0 aromatic heterocycles. The van der Waals surface area contributed by atoms with Crippen molar-refractivity contribution in [3.8, 4) is 0 Å². The molecule has 2 heterocycles. The number of piperidine rings is 1. The zero-order valence-electron chi connectivity index (χ0n) is 17.6. The van der Waals surface area contributed by atoms with Gasteiger partial charge in [0.25, 0.3) is 0 Å². The summed E-state index contributed by atoms with van der Waals surface area (Å²) in [5.74, 6) is 0. The molecule has 0 unspecified atom stereocenters. The Morgan fingerprint density at radius 3 is 1.73 bits per heavy atom. The van der Waals surface area contributed by atoms with Gasteiger partial charge < -0.3 is 20.3 Å². The number of hydrogen-bond donors (Lipinski definition) is 1. The van der Waals surface area contributed by atoms with Gasteiger partial charge in [-0.25, -0.2) is 4.39 Å². The first-order valence-corrected chi connectivity index (χ1v) is 10.7. The van der Waals surface area contributed by atoms with E-state index in [0.717, 1.165) is 65.0 Å². The van der Waals surface area contributed by atoms with Gasteiger partial charge in [-0.15, -0.1) is 0 Å². The van der Waals surface area contributed by atoms with Gasteiger partial charge in [0.2, 0.25) is 0 Å². The molecule has 156 valence electrons. The Balaban J connectivity index is 0.000000263. The smallest absolute Gasteiger partial charge is 0.100 e. The van der Waals surface area contributed by atoms with Gasteiger partial charge >= 0.3 is 0 Å². The van der Waals surface area contributed by atoms with Crippen LogP contribution >= 0.6 is 0 Å². The first-order valence-electron chi connectivity index (χ1n) is 10.7. The van der Waals surface area contributed by atoms with E-state index in [-0.39, 0.29) is 0 Å². The zero-order chi connectivity index (χ0) is 19.4. The molecule has 2 N–H and O–H groups in total. The number of piperazine rings is 1. The van der Waals surface area contributed by atoms with Crippen molar-refractivity contribution < 1.29 is 9.13 Å². The molecule has 2 saturated heterocycles. The average molecular weight is 375 g/mol. The molecule has 0 atom stereocenters. The lowest BCUT2D eigenvalue weighted by molar-refractivity contribution is -0.0603. The predicted octanol–water partition coefficient (Wildman–Crippen LogP) is 2.55. The third-order valence-electron chi connectivity index (χ3n) is 5.51. The SMILES string of the molecule is CC.CN1CCC(OC2CCC(F)CC2)CC1.CN1CCN(CN)CC1. The van der Waals surface area contributed by atoms with Crippen LogP contribution in [-0.4, -0.2) is 93.1 Å². The molecule has 0 aromatic carbocycles. The number of halogens is 1. The summed E-state index contributed by atoms with van der Waals surface area (Å²) in [6, 6.07) is 0. The largest absolute Gasteiger partial charge is 0.375 e. The second kappa shape index (κ2) is 13.8. The van der Waals surface area contributed by atoms with E-state index in [2.05, 4.69) is 28.8 Å². The Bertz CT molecular complexity index is 304. The van der Waals surface area contributed by atoms with E-state index in [1.807, 2.05) is 13.8 Å². The van der Waals surface area contributed by atoms with Gasteiger partial charge in [-0.05, 0) is 52.6 Å². The van der Waals surface area contributed by atoms with Crippen molar-refractivity contribution in [1.29, 1.82) is 0 Å². The van der Waals surface area contributed by atoms with Crippen molar-refractivity contribution in [1.82, 2.24) is 14.7 Å². The van der Waals surface area contributed by atoms with Crippen LogP contribution in [0.4, 0.5) is 4.39 Å². The highest BCUT2D eigenvalue weighted by Crippen LogP contribution is 2.26. The van der Waals surface area contributed by atoms with Crippen LogP contribution in [0.2, 0.25) is 0 Å². The standard InChI is InChI=1S/C12H22FNO.C6H15N3.C2H6/c1-14-8-6-12(7-9-14)15-11-4-2-10(13)3-5-11;1-8-2-4-9(6-7)5-3-8;1-2/h10-12H,2-9H2,1H3;2-7H2,1H3;1-2H3. The molecule has 1 saturated carbocycles.